The van der Waals surface area contributed by atoms with Crippen LogP contribution in [0.5, 0.6) is 0 Å². The molecule has 1 aliphatic heterocycles. The SMILES string of the molecule is CC1(C)C(=O)N(c2nc(C(F)(F)F)cs2)C(=O)N1Cc1ccnc2ccccc12. The van der Waals surface area contributed by atoms with Crippen LogP contribution in [-0.4, -0.2) is 32.3 Å². The zero-order chi connectivity index (χ0) is 21.0. The van der Waals surface area contributed by atoms with Crippen LogP contribution in [0.1, 0.15) is 25.1 Å². The maximum atomic E-state index is 13.0. The molecule has 6 nitrogen and oxygen atoms in total. The number of anilines is 1. The normalized spacial score (nSPS) is 16.9. The fourth-order valence-corrected chi connectivity index (χ4v) is 4.05. The Morgan fingerprint density at radius 2 is 1.86 bits per heavy atom. The topological polar surface area (TPSA) is 66.4 Å². The molecule has 3 amide bonds. The van der Waals surface area contributed by atoms with Gasteiger partial charge in [-0.15, -0.1) is 11.3 Å². The molecule has 2 aromatic heterocycles. The van der Waals surface area contributed by atoms with Crippen molar-refractivity contribution in [2.45, 2.75) is 32.1 Å². The lowest BCUT2D eigenvalue weighted by atomic mass is 10.0. The smallest absolute Gasteiger partial charge is 0.305 e. The summed E-state index contributed by atoms with van der Waals surface area (Å²) < 4.78 is 38.7. The van der Waals surface area contributed by atoms with Gasteiger partial charge >= 0.3 is 12.2 Å². The Kier molecular flexibility index (Phi) is 4.34. The van der Waals surface area contributed by atoms with Gasteiger partial charge in [0.2, 0.25) is 5.13 Å². The summed E-state index contributed by atoms with van der Waals surface area (Å²) in [5, 5.41) is 1.34. The van der Waals surface area contributed by atoms with Gasteiger partial charge in [-0.25, -0.2) is 14.7 Å². The second-order valence-electron chi connectivity index (χ2n) is 7.07. The Labute approximate surface area is 167 Å². The first-order chi connectivity index (χ1) is 13.6. The largest absolute Gasteiger partial charge is 0.434 e. The maximum absolute atomic E-state index is 13.0. The molecule has 1 aliphatic rings. The highest BCUT2D eigenvalue weighted by Crippen LogP contribution is 2.38. The lowest BCUT2D eigenvalue weighted by Gasteiger charge is -2.28. The average Bonchev–Trinajstić information content (AvgIpc) is 3.21. The summed E-state index contributed by atoms with van der Waals surface area (Å²) in [6, 6.07) is 8.43. The first-order valence-corrected chi connectivity index (χ1v) is 9.50. The molecule has 3 aromatic rings. The Morgan fingerprint density at radius 3 is 2.55 bits per heavy atom. The molecule has 150 valence electrons. The number of amides is 3. The molecule has 3 heterocycles. The van der Waals surface area contributed by atoms with Crippen molar-refractivity contribution in [3.8, 4) is 0 Å². The van der Waals surface area contributed by atoms with Crippen LogP contribution in [0, 0.1) is 0 Å². The van der Waals surface area contributed by atoms with Crippen molar-refractivity contribution in [1.29, 1.82) is 0 Å². The van der Waals surface area contributed by atoms with E-state index >= 15 is 0 Å². The molecule has 0 unspecified atom stereocenters. The molecule has 4 rings (SSSR count). The number of thiazole rings is 1. The Balaban J connectivity index is 1.71. The second kappa shape index (κ2) is 6.51. The van der Waals surface area contributed by atoms with E-state index in [0.717, 1.165) is 26.7 Å². The van der Waals surface area contributed by atoms with Crippen LogP contribution in [0.25, 0.3) is 10.9 Å². The number of carbonyl (C=O) groups excluding carboxylic acids is 2. The highest BCUT2D eigenvalue weighted by atomic mass is 32.1. The fraction of sp³-hybridized carbons (Fsp3) is 0.263. The van der Waals surface area contributed by atoms with Crippen LogP contribution in [0.3, 0.4) is 0 Å². The Hall–Kier alpha value is -3.01. The highest BCUT2D eigenvalue weighted by molar-refractivity contribution is 7.14. The van der Waals surface area contributed by atoms with Crippen LogP contribution in [0.4, 0.5) is 23.1 Å². The van der Waals surface area contributed by atoms with E-state index in [1.54, 1.807) is 26.1 Å². The van der Waals surface area contributed by atoms with E-state index < -0.39 is 29.3 Å². The van der Waals surface area contributed by atoms with E-state index in [0.29, 0.717) is 11.3 Å². The number of aromatic nitrogens is 2. The van der Waals surface area contributed by atoms with Crippen molar-refractivity contribution in [2.24, 2.45) is 0 Å². The molecule has 1 fully saturated rings. The maximum Gasteiger partial charge on any atom is 0.434 e. The number of hydrogen-bond acceptors (Lipinski definition) is 5. The van der Waals surface area contributed by atoms with Gasteiger partial charge in [0.15, 0.2) is 5.69 Å². The first kappa shape index (κ1) is 19.3. The van der Waals surface area contributed by atoms with Gasteiger partial charge in [-0.05, 0) is 31.5 Å². The van der Waals surface area contributed by atoms with Crippen molar-refractivity contribution in [1.82, 2.24) is 14.9 Å². The van der Waals surface area contributed by atoms with Gasteiger partial charge in [-0.2, -0.15) is 13.2 Å². The monoisotopic (exact) mass is 420 g/mol. The molecule has 0 atom stereocenters. The predicted octanol–water partition coefficient (Wildman–Crippen LogP) is 4.46. The summed E-state index contributed by atoms with van der Waals surface area (Å²) in [6.45, 7) is 3.23. The van der Waals surface area contributed by atoms with Gasteiger partial charge in [-0.1, -0.05) is 18.2 Å². The molecule has 0 bridgehead atoms. The van der Waals surface area contributed by atoms with Crippen LogP contribution in [-0.2, 0) is 17.5 Å². The third-order valence-corrected chi connectivity index (χ3v) is 5.69. The van der Waals surface area contributed by atoms with E-state index in [-0.39, 0.29) is 11.7 Å². The van der Waals surface area contributed by atoms with Crippen LogP contribution >= 0.6 is 11.3 Å². The number of nitrogens with zero attached hydrogens (tertiary/aromatic N) is 4. The fourth-order valence-electron chi connectivity index (χ4n) is 3.23. The third-order valence-electron chi connectivity index (χ3n) is 4.87. The molecule has 0 radical (unpaired) electrons. The van der Waals surface area contributed by atoms with Gasteiger partial charge in [-0.3, -0.25) is 9.78 Å². The summed E-state index contributed by atoms with van der Waals surface area (Å²) in [6.07, 6.45) is -3.03. The Morgan fingerprint density at radius 1 is 1.14 bits per heavy atom. The number of alkyl halides is 3. The predicted molar refractivity (Wildman–Crippen MR) is 101 cm³/mol. The summed E-state index contributed by atoms with van der Waals surface area (Å²) in [5.41, 5.74) is -0.852. The molecule has 0 aliphatic carbocycles. The molecule has 0 N–H and O–H groups in total. The summed E-state index contributed by atoms with van der Waals surface area (Å²) >= 11 is 0.609. The van der Waals surface area contributed by atoms with Crippen molar-refractivity contribution in [2.75, 3.05) is 4.90 Å². The van der Waals surface area contributed by atoms with E-state index in [4.69, 9.17) is 0 Å². The van der Waals surface area contributed by atoms with E-state index in [1.165, 1.54) is 4.90 Å². The van der Waals surface area contributed by atoms with E-state index in [2.05, 4.69) is 9.97 Å². The lowest BCUT2D eigenvalue weighted by molar-refractivity contribution is -0.140. The number of halogens is 3. The van der Waals surface area contributed by atoms with Crippen LogP contribution in [0.2, 0.25) is 0 Å². The minimum absolute atomic E-state index is 0.106. The van der Waals surface area contributed by atoms with Gasteiger partial charge < -0.3 is 4.90 Å². The van der Waals surface area contributed by atoms with Crippen molar-refractivity contribution in [3.63, 3.8) is 0 Å². The number of carbonyl (C=O) groups is 2. The molecule has 29 heavy (non-hydrogen) atoms. The molecule has 1 saturated heterocycles. The number of urea groups is 1. The molecule has 0 spiro atoms. The number of fused-ring (bicyclic) bond motifs is 1. The van der Waals surface area contributed by atoms with Gasteiger partial charge in [0, 0.05) is 23.5 Å². The van der Waals surface area contributed by atoms with Gasteiger partial charge in [0.25, 0.3) is 5.91 Å². The minimum atomic E-state index is -4.65. The summed E-state index contributed by atoms with van der Waals surface area (Å²) in [4.78, 5) is 35.7. The van der Waals surface area contributed by atoms with Crippen LogP contribution in [0.15, 0.2) is 41.9 Å². The van der Waals surface area contributed by atoms with E-state index in [9.17, 15) is 22.8 Å². The zero-order valence-electron chi connectivity index (χ0n) is 15.4. The number of para-hydroxylation sites is 1. The lowest BCUT2D eigenvalue weighted by Crippen LogP contribution is -2.43. The average molecular weight is 420 g/mol. The van der Waals surface area contributed by atoms with E-state index in [1.807, 2.05) is 24.3 Å². The number of benzene rings is 1. The summed E-state index contributed by atoms with van der Waals surface area (Å²) in [7, 11) is 0. The second-order valence-corrected chi connectivity index (χ2v) is 7.91. The van der Waals surface area contributed by atoms with Gasteiger partial charge in [0.1, 0.15) is 5.54 Å². The summed E-state index contributed by atoms with van der Waals surface area (Å²) in [5.74, 6) is -0.621. The third kappa shape index (κ3) is 3.13. The first-order valence-electron chi connectivity index (χ1n) is 8.62. The highest BCUT2D eigenvalue weighted by Gasteiger charge is 2.53. The number of rotatable bonds is 3. The van der Waals surface area contributed by atoms with Crippen molar-refractivity contribution >= 4 is 39.3 Å². The number of pyridine rings is 1. The molecule has 0 saturated carbocycles. The zero-order valence-corrected chi connectivity index (χ0v) is 16.2. The molecular weight excluding hydrogens is 405 g/mol. The quantitative estimate of drug-likeness (QED) is 0.587. The standard InChI is InChI=1S/C19H15F3N4O2S/c1-18(2)15(27)26(16-24-14(10-29-16)19(20,21)22)17(28)25(18)9-11-7-8-23-13-6-4-3-5-12(11)13/h3-8,10H,9H2,1-2H3. The van der Waals surface area contributed by atoms with Crippen molar-refractivity contribution < 1.29 is 22.8 Å². The molecule has 1 aromatic carbocycles. The Bertz CT molecular complexity index is 1120. The minimum Gasteiger partial charge on any atom is -0.305 e. The number of imide groups is 1. The molecule has 10 heteroatoms. The molecular formula is C19H15F3N4O2S. The van der Waals surface area contributed by atoms with Crippen molar-refractivity contribution in [3.05, 3.63) is 53.2 Å². The van der Waals surface area contributed by atoms with Gasteiger partial charge in [0.05, 0.1) is 5.52 Å². The van der Waals surface area contributed by atoms with Crippen LogP contribution < -0.4 is 4.90 Å². The number of hydrogen-bond donors (Lipinski definition) is 0.